The van der Waals surface area contributed by atoms with Crippen molar-refractivity contribution in [3.8, 4) is 0 Å². The summed E-state index contributed by atoms with van der Waals surface area (Å²) in [5, 5.41) is 5.63. The van der Waals surface area contributed by atoms with Crippen LogP contribution in [0, 0.1) is 6.92 Å². The Hall–Kier alpha value is -2.87. The van der Waals surface area contributed by atoms with Crippen molar-refractivity contribution in [2.75, 3.05) is 16.3 Å². The van der Waals surface area contributed by atoms with Crippen LogP contribution in [0.25, 0.3) is 0 Å². The zero-order valence-electron chi connectivity index (χ0n) is 16.4. The standard InChI is InChI=1S/C20H25N3O4S/c1-5-13(2)21-20(25)16-9-6-7-11-18(16)22-19(24)15-10-8-12-17(14(15)3)23-28(4,26)27/h6-13,23H,5H2,1-4H3,(H,21,25)(H,22,24). The van der Waals surface area contributed by atoms with E-state index in [1.54, 1.807) is 49.4 Å². The molecule has 2 aromatic rings. The molecule has 0 aromatic heterocycles. The second-order valence-electron chi connectivity index (χ2n) is 6.63. The topological polar surface area (TPSA) is 104 Å². The van der Waals surface area contributed by atoms with Gasteiger partial charge in [-0.2, -0.15) is 0 Å². The van der Waals surface area contributed by atoms with Crippen molar-refractivity contribution in [1.82, 2.24) is 5.32 Å². The third-order valence-corrected chi connectivity index (χ3v) is 4.87. The lowest BCUT2D eigenvalue weighted by atomic mass is 10.1. The molecule has 28 heavy (non-hydrogen) atoms. The van der Waals surface area contributed by atoms with E-state index in [1.807, 2.05) is 13.8 Å². The van der Waals surface area contributed by atoms with Gasteiger partial charge in [0, 0.05) is 11.6 Å². The van der Waals surface area contributed by atoms with E-state index >= 15 is 0 Å². The van der Waals surface area contributed by atoms with Crippen LogP contribution in [0.5, 0.6) is 0 Å². The van der Waals surface area contributed by atoms with E-state index in [2.05, 4.69) is 15.4 Å². The number of hydrogen-bond acceptors (Lipinski definition) is 4. The zero-order valence-corrected chi connectivity index (χ0v) is 17.2. The van der Waals surface area contributed by atoms with Crippen LogP contribution < -0.4 is 15.4 Å². The molecule has 0 bridgehead atoms. The number of carbonyl (C=O) groups is 2. The van der Waals surface area contributed by atoms with E-state index in [0.29, 0.717) is 28.1 Å². The van der Waals surface area contributed by atoms with Crippen molar-refractivity contribution in [2.24, 2.45) is 0 Å². The number of carbonyl (C=O) groups excluding carboxylic acids is 2. The zero-order chi connectivity index (χ0) is 20.9. The highest BCUT2D eigenvalue weighted by Gasteiger charge is 2.18. The Bertz CT molecular complexity index is 987. The molecule has 2 rings (SSSR count). The molecule has 0 aliphatic heterocycles. The summed E-state index contributed by atoms with van der Waals surface area (Å²) in [6.07, 6.45) is 1.84. The van der Waals surface area contributed by atoms with Gasteiger partial charge in [-0.1, -0.05) is 25.1 Å². The molecule has 0 radical (unpaired) electrons. The van der Waals surface area contributed by atoms with Gasteiger partial charge in [-0.3, -0.25) is 14.3 Å². The largest absolute Gasteiger partial charge is 0.350 e. The summed E-state index contributed by atoms with van der Waals surface area (Å²) in [6.45, 7) is 5.53. The first-order valence-electron chi connectivity index (χ1n) is 8.91. The van der Waals surface area contributed by atoms with Crippen molar-refractivity contribution >= 4 is 33.2 Å². The number of amides is 2. The monoisotopic (exact) mass is 403 g/mol. The Morgan fingerprint density at radius 3 is 2.21 bits per heavy atom. The average molecular weight is 404 g/mol. The summed E-state index contributed by atoms with van der Waals surface area (Å²) in [6, 6.07) is 11.5. The number of hydrogen-bond donors (Lipinski definition) is 3. The quantitative estimate of drug-likeness (QED) is 0.660. The lowest BCUT2D eigenvalue weighted by Crippen LogP contribution is -2.32. The smallest absolute Gasteiger partial charge is 0.256 e. The van der Waals surface area contributed by atoms with Gasteiger partial charge in [0.2, 0.25) is 10.0 Å². The van der Waals surface area contributed by atoms with Crippen molar-refractivity contribution in [2.45, 2.75) is 33.2 Å². The summed E-state index contributed by atoms with van der Waals surface area (Å²) < 4.78 is 25.4. The second kappa shape index (κ2) is 8.88. The Morgan fingerprint density at radius 1 is 0.964 bits per heavy atom. The maximum atomic E-state index is 12.8. The molecule has 2 aromatic carbocycles. The minimum atomic E-state index is -3.47. The minimum Gasteiger partial charge on any atom is -0.350 e. The normalized spacial score (nSPS) is 12.1. The van der Waals surface area contributed by atoms with E-state index < -0.39 is 15.9 Å². The molecule has 150 valence electrons. The fraction of sp³-hybridized carbons (Fsp3) is 0.300. The van der Waals surface area contributed by atoms with E-state index in [4.69, 9.17) is 0 Å². The molecule has 3 N–H and O–H groups in total. The lowest BCUT2D eigenvalue weighted by Gasteiger charge is -2.16. The van der Waals surface area contributed by atoms with Gasteiger partial charge in [0.05, 0.1) is 23.2 Å². The van der Waals surface area contributed by atoms with Gasteiger partial charge >= 0.3 is 0 Å². The number of benzene rings is 2. The maximum Gasteiger partial charge on any atom is 0.256 e. The maximum absolute atomic E-state index is 12.8. The van der Waals surface area contributed by atoms with Gasteiger partial charge in [-0.25, -0.2) is 8.42 Å². The molecule has 0 spiro atoms. The predicted molar refractivity (Wildman–Crippen MR) is 111 cm³/mol. The van der Waals surface area contributed by atoms with E-state index in [-0.39, 0.29) is 11.9 Å². The molecular formula is C20H25N3O4S. The third-order valence-electron chi connectivity index (χ3n) is 4.28. The van der Waals surface area contributed by atoms with Crippen molar-refractivity contribution < 1.29 is 18.0 Å². The number of para-hydroxylation sites is 1. The highest BCUT2D eigenvalue weighted by atomic mass is 32.2. The van der Waals surface area contributed by atoms with Gasteiger partial charge in [-0.05, 0) is 50.1 Å². The van der Waals surface area contributed by atoms with Crippen LogP contribution in [0.4, 0.5) is 11.4 Å². The number of rotatable bonds is 7. The lowest BCUT2D eigenvalue weighted by molar-refractivity contribution is 0.0940. The summed E-state index contributed by atoms with van der Waals surface area (Å²) in [5.74, 6) is -0.701. The van der Waals surface area contributed by atoms with Crippen LogP contribution >= 0.6 is 0 Å². The number of nitrogens with one attached hydrogen (secondary N) is 3. The summed E-state index contributed by atoms with van der Waals surface area (Å²) in [4.78, 5) is 25.3. The van der Waals surface area contributed by atoms with Gasteiger partial charge in [0.1, 0.15) is 0 Å². The molecule has 2 amide bonds. The SMILES string of the molecule is CCC(C)NC(=O)c1ccccc1NC(=O)c1cccc(NS(C)(=O)=O)c1C. The molecular weight excluding hydrogens is 378 g/mol. The Morgan fingerprint density at radius 2 is 1.57 bits per heavy atom. The molecule has 7 nitrogen and oxygen atoms in total. The Kier molecular flexibility index (Phi) is 6.80. The first kappa shape index (κ1) is 21.4. The molecule has 0 heterocycles. The van der Waals surface area contributed by atoms with Crippen molar-refractivity contribution in [1.29, 1.82) is 0 Å². The fourth-order valence-electron chi connectivity index (χ4n) is 2.58. The fourth-order valence-corrected chi connectivity index (χ4v) is 3.20. The summed E-state index contributed by atoms with van der Waals surface area (Å²) >= 11 is 0. The van der Waals surface area contributed by atoms with Crippen LogP contribution in [0.2, 0.25) is 0 Å². The van der Waals surface area contributed by atoms with Crippen LogP contribution in [0.1, 0.15) is 46.5 Å². The highest BCUT2D eigenvalue weighted by Crippen LogP contribution is 2.22. The van der Waals surface area contributed by atoms with Gasteiger partial charge in [0.25, 0.3) is 11.8 Å². The number of anilines is 2. The molecule has 0 aliphatic carbocycles. The van der Waals surface area contributed by atoms with Crippen LogP contribution in [-0.4, -0.2) is 32.5 Å². The van der Waals surface area contributed by atoms with Gasteiger partial charge in [0.15, 0.2) is 0 Å². The van der Waals surface area contributed by atoms with E-state index in [9.17, 15) is 18.0 Å². The van der Waals surface area contributed by atoms with Crippen molar-refractivity contribution in [3.05, 3.63) is 59.2 Å². The minimum absolute atomic E-state index is 0.0113. The Balaban J connectivity index is 2.29. The molecule has 0 saturated carbocycles. The third kappa shape index (κ3) is 5.56. The van der Waals surface area contributed by atoms with Crippen LogP contribution in [-0.2, 0) is 10.0 Å². The highest BCUT2D eigenvalue weighted by molar-refractivity contribution is 7.92. The number of sulfonamides is 1. The first-order valence-corrected chi connectivity index (χ1v) is 10.8. The van der Waals surface area contributed by atoms with Gasteiger partial charge in [-0.15, -0.1) is 0 Å². The van der Waals surface area contributed by atoms with Crippen molar-refractivity contribution in [3.63, 3.8) is 0 Å². The van der Waals surface area contributed by atoms with Crippen LogP contribution in [0.3, 0.4) is 0 Å². The van der Waals surface area contributed by atoms with Gasteiger partial charge < -0.3 is 10.6 Å². The summed E-state index contributed by atoms with van der Waals surface area (Å²) in [5.41, 5.74) is 1.88. The average Bonchev–Trinajstić information content (AvgIpc) is 2.62. The molecule has 0 aliphatic rings. The Labute approximate surface area is 165 Å². The molecule has 0 saturated heterocycles. The van der Waals surface area contributed by atoms with E-state index in [0.717, 1.165) is 12.7 Å². The molecule has 1 unspecified atom stereocenters. The summed E-state index contributed by atoms with van der Waals surface area (Å²) in [7, 11) is -3.47. The van der Waals surface area contributed by atoms with E-state index in [1.165, 1.54) is 0 Å². The predicted octanol–water partition coefficient (Wildman–Crippen LogP) is 3.15. The second-order valence-corrected chi connectivity index (χ2v) is 8.38. The molecule has 0 fully saturated rings. The molecule has 8 heteroatoms. The first-order chi connectivity index (χ1) is 13.1. The molecule has 1 atom stereocenters. The van der Waals surface area contributed by atoms with Crippen LogP contribution in [0.15, 0.2) is 42.5 Å².